The Kier molecular flexibility index (Phi) is 8.92. The molecule has 1 aliphatic rings. The molecule has 0 N–H and O–H groups in total. The minimum Gasteiger partial charge on any atom is -0.300 e. The van der Waals surface area contributed by atoms with Crippen molar-refractivity contribution in [2.75, 3.05) is 27.7 Å². The number of fused-ring (bicyclic) bond motifs is 1. The van der Waals surface area contributed by atoms with Crippen molar-refractivity contribution in [2.45, 2.75) is 31.1 Å². The highest BCUT2D eigenvalue weighted by atomic mass is 32.3. The Morgan fingerprint density at radius 3 is 2.13 bits per heavy atom. The molecule has 0 unspecified atom stereocenters. The molecular weight excluding hydrogens is 657 g/mol. The van der Waals surface area contributed by atoms with Gasteiger partial charge in [0.2, 0.25) is 26.0 Å². The van der Waals surface area contributed by atoms with Gasteiger partial charge in [-0.25, -0.2) is 21.2 Å². The van der Waals surface area contributed by atoms with Gasteiger partial charge in [-0.2, -0.15) is 26.3 Å². The van der Waals surface area contributed by atoms with Crippen molar-refractivity contribution in [2.24, 2.45) is 0 Å². The van der Waals surface area contributed by atoms with E-state index < -0.39 is 79.1 Å². The topological polar surface area (TPSA) is 118 Å². The molecule has 0 bridgehead atoms. The molecule has 0 fully saturated rings. The van der Waals surface area contributed by atoms with Crippen LogP contribution in [0.2, 0.25) is 0 Å². The van der Waals surface area contributed by atoms with Crippen molar-refractivity contribution >= 4 is 37.5 Å². The molecule has 2 aromatic carbocycles. The first-order chi connectivity index (χ1) is 20.7. The second-order valence-corrected chi connectivity index (χ2v) is 13.8. The summed E-state index contributed by atoms with van der Waals surface area (Å²) in [7, 11) is -8.60. The van der Waals surface area contributed by atoms with Gasteiger partial charge in [0.15, 0.2) is 5.82 Å². The van der Waals surface area contributed by atoms with E-state index in [1.165, 1.54) is 6.07 Å². The normalized spacial score (nSPS) is 16.0. The number of rotatable bonds is 5. The molecule has 0 radical (unpaired) electrons. The Balaban J connectivity index is 1.72. The van der Waals surface area contributed by atoms with Crippen LogP contribution in [0.1, 0.15) is 40.3 Å². The molecule has 1 aliphatic heterocycles. The largest absolute Gasteiger partial charge is 0.416 e. The molecule has 1 amide bonds. The number of benzene rings is 2. The quantitative estimate of drug-likeness (QED) is 0.288. The third-order valence-electron chi connectivity index (χ3n) is 6.55. The van der Waals surface area contributed by atoms with Crippen LogP contribution in [0.15, 0.2) is 48.5 Å². The van der Waals surface area contributed by atoms with Crippen LogP contribution in [0.5, 0.6) is 0 Å². The van der Waals surface area contributed by atoms with E-state index in [1.54, 1.807) is 0 Å². The molecule has 2 heterocycles. The van der Waals surface area contributed by atoms with Crippen molar-refractivity contribution in [1.82, 2.24) is 10.2 Å². The van der Waals surface area contributed by atoms with Crippen molar-refractivity contribution in [3.8, 4) is 11.8 Å². The maximum atomic E-state index is 14.1. The SMILES string of the molecule is CS(=O)(=O)N(c1ccc(C#CCN2C(=O)[C@@H](c3ccc(C(F)(F)F)cc3C(F)(F)F)CCc3cc(F)ccc32)nn1)S(C)(=O)=O. The maximum absolute atomic E-state index is 14.1. The number of hydrogen-bond acceptors (Lipinski definition) is 7. The van der Waals surface area contributed by atoms with Gasteiger partial charge in [-0.1, -0.05) is 12.0 Å². The number of alkyl halides is 6. The molecule has 240 valence electrons. The number of aromatic nitrogens is 2. The van der Waals surface area contributed by atoms with E-state index in [-0.39, 0.29) is 39.6 Å². The average molecular weight is 679 g/mol. The van der Waals surface area contributed by atoms with E-state index in [1.807, 2.05) is 0 Å². The summed E-state index contributed by atoms with van der Waals surface area (Å²) in [6, 6.07) is 6.48. The van der Waals surface area contributed by atoms with Crippen LogP contribution < -0.4 is 8.61 Å². The lowest BCUT2D eigenvalue weighted by Crippen LogP contribution is -2.36. The number of halogens is 7. The third-order valence-corrected chi connectivity index (χ3v) is 9.76. The lowest BCUT2D eigenvalue weighted by Gasteiger charge is -2.26. The number of nitrogens with zero attached hydrogens (tertiary/aromatic N) is 4. The van der Waals surface area contributed by atoms with Crippen LogP contribution >= 0.6 is 0 Å². The Labute approximate surface area is 252 Å². The Morgan fingerprint density at radius 2 is 1.58 bits per heavy atom. The summed E-state index contributed by atoms with van der Waals surface area (Å²) >= 11 is 0. The molecule has 3 aromatic rings. The number of anilines is 2. The van der Waals surface area contributed by atoms with Gasteiger partial charge in [-0.15, -0.1) is 13.9 Å². The number of carbonyl (C=O) groups is 1. The van der Waals surface area contributed by atoms with Crippen LogP contribution in [0.3, 0.4) is 0 Å². The molecule has 1 atom stereocenters. The third kappa shape index (κ3) is 7.53. The van der Waals surface area contributed by atoms with E-state index in [4.69, 9.17) is 0 Å². The van der Waals surface area contributed by atoms with Crippen LogP contribution in [0, 0.1) is 17.7 Å². The average Bonchev–Trinajstić information content (AvgIpc) is 3.02. The maximum Gasteiger partial charge on any atom is 0.416 e. The van der Waals surface area contributed by atoms with E-state index in [0.717, 1.165) is 29.2 Å². The Morgan fingerprint density at radius 1 is 0.911 bits per heavy atom. The van der Waals surface area contributed by atoms with E-state index in [0.29, 0.717) is 24.6 Å². The van der Waals surface area contributed by atoms with Crippen LogP contribution in [-0.2, 0) is 43.6 Å². The number of aryl methyl sites for hydroxylation is 1. The zero-order chi connectivity index (χ0) is 33.5. The smallest absolute Gasteiger partial charge is 0.300 e. The van der Waals surface area contributed by atoms with Crippen molar-refractivity contribution < 1.29 is 52.4 Å². The minimum atomic E-state index is -5.23. The Bertz CT molecular complexity index is 1890. The van der Waals surface area contributed by atoms with Crippen LogP contribution in [0.25, 0.3) is 0 Å². The summed E-state index contributed by atoms with van der Waals surface area (Å²) < 4.78 is 143. The van der Waals surface area contributed by atoms with Crippen molar-refractivity contribution in [3.63, 3.8) is 0 Å². The molecule has 9 nitrogen and oxygen atoms in total. The number of carbonyl (C=O) groups excluding carboxylic acids is 1. The second kappa shape index (κ2) is 11.9. The highest BCUT2D eigenvalue weighted by molar-refractivity contribution is 8.09. The van der Waals surface area contributed by atoms with Crippen molar-refractivity contribution in [3.05, 3.63) is 82.3 Å². The number of hydrogen-bond donors (Lipinski definition) is 0. The lowest BCUT2D eigenvalue weighted by molar-refractivity contribution is -0.143. The molecule has 0 spiro atoms. The summed E-state index contributed by atoms with van der Waals surface area (Å²) in [4.78, 5) is 14.7. The van der Waals surface area contributed by atoms with Gasteiger partial charge in [0.25, 0.3) is 0 Å². The first kappa shape index (κ1) is 33.6. The first-order valence-corrected chi connectivity index (χ1v) is 16.3. The molecule has 45 heavy (non-hydrogen) atoms. The van der Waals surface area contributed by atoms with Crippen LogP contribution in [-0.4, -0.2) is 52.0 Å². The predicted octanol–water partition coefficient (Wildman–Crippen LogP) is 4.49. The van der Waals surface area contributed by atoms with Crippen molar-refractivity contribution in [1.29, 1.82) is 0 Å². The molecule has 0 aliphatic carbocycles. The summed E-state index contributed by atoms with van der Waals surface area (Å²) in [5, 5.41) is 7.24. The molecule has 0 saturated heterocycles. The Hall–Kier alpha value is -4.24. The van der Waals surface area contributed by atoms with Gasteiger partial charge in [0.1, 0.15) is 11.5 Å². The molecule has 4 rings (SSSR count). The van der Waals surface area contributed by atoms with E-state index in [9.17, 15) is 52.4 Å². The van der Waals surface area contributed by atoms with Gasteiger partial charge in [-0.05, 0) is 72.4 Å². The highest BCUT2D eigenvalue weighted by Crippen LogP contribution is 2.43. The fourth-order valence-corrected chi connectivity index (χ4v) is 7.61. The fraction of sp³-hybridized carbons (Fsp3) is 0.296. The monoisotopic (exact) mass is 678 g/mol. The zero-order valence-electron chi connectivity index (χ0n) is 23.1. The summed E-state index contributed by atoms with van der Waals surface area (Å²) in [5.74, 6) is 1.35. The van der Waals surface area contributed by atoms with E-state index in [2.05, 4.69) is 22.0 Å². The highest BCUT2D eigenvalue weighted by Gasteiger charge is 2.42. The molecular formula is C27H21F7N4O5S2. The standard InChI is InChI=1S/C27H21F7N4O5S2/c1-44(40,41)38(45(2,42)43)24-12-8-19(35-36-24)4-3-13-37-23-11-7-18(28)14-16(23)5-9-21(25(37)39)20-10-6-17(26(29,30)31)15-22(20)27(32,33)34/h6-8,10-12,14-15,21H,5,9,13H2,1-2H3/t21-/m1/s1. The number of sulfonamides is 2. The molecule has 18 heteroatoms. The van der Waals surface area contributed by atoms with Crippen LogP contribution in [0.4, 0.5) is 42.2 Å². The molecule has 0 saturated carbocycles. The fourth-order valence-electron chi connectivity index (χ4n) is 4.77. The summed E-state index contributed by atoms with van der Waals surface area (Å²) in [6.07, 6.45) is -9.40. The van der Waals surface area contributed by atoms with Gasteiger partial charge in [0, 0.05) is 5.69 Å². The minimum absolute atomic E-state index is 0.0484. The van der Waals surface area contributed by atoms with E-state index >= 15 is 0 Å². The summed E-state index contributed by atoms with van der Waals surface area (Å²) in [5.41, 5.74) is -3.60. The molecule has 1 aromatic heterocycles. The van der Waals surface area contributed by atoms with Gasteiger partial charge in [0.05, 0.1) is 36.1 Å². The lowest BCUT2D eigenvalue weighted by atomic mass is 9.88. The second-order valence-electron chi connectivity index (χ2n) is 9.89. The predicted molar refractivity (Wildman–Crippen MR) is 147 cm³/mol. The van der Waals surface area contributed by atoms with Gasteiger partial charge >= 0.3 is 12.4 Å². The van der Waals surface area contributed by atoms with Gasteiger partial charge in [-0.3, -0.25) is 9.69 Å². The van der Waals surface area contributed by atoms with Gasteiger partial charge < -0.3 is 0 Å². The number of amides is 1. The zero-order valence-corrected chi connectivity index (χ0v) is 24.7. The first-order valence-electron chi connectivity index (χ1n) is 12.6. The summed E-state index contributed by atoms with van der Waals surface area (Å²) in [6.45, 7) is -0.488.